The number of hydrogen-bond acceptors (Lipinski definition) is 4. The van der Waals surface area contributed by atoms with Crippen LogP contribution in [0.15, 0.2) is 12.4 Å². The first-order valence-electron chi connectivity index (χ1n) is 6.07. The maximum absolute atomic E-state index is 5.55. The summed E-state index contributed by atoms with van der Waals surface area (Å²) in [7, 11) is 0. The molecule has 0 bridgehead atoms. The molecule has 0 saturated carbocycles. The fourth-order valence-corrected chi connectivity index (χ4v) is 1.64. The van der Waals surface area contributed by atoms with Crippen LogP contribution in [0, 0.1) is 0 Å². The summed E-state index contributed by atoms with van der Waals surface area (Å²) in [5.74, 6) is 1.03. The smallest absolute Gasteiger partial charge is 0.132 e. The van der Waals surface area contributed by atoms with Gasteiger partial charge in [0.1, 0.15) is 12.1 Å². The summed E-state index contributed by atoms with van der Waals surface area (Å²) in [6.07, 6.45) is 4.73. The van der Waals surface area contributed by atoms with E-state index in [0.29, 0.717) is 0 Å². The van der Waals surface area contributed by atoms with Crippen LogP contribution in [0.1, 0.15) is 32.4 Å². The molecule has 1 heterocycles. The van der Waals surface area contributed by atoms with E-state index in [1.807, 2.05) is 0 Å². The van der Waals surface area contributed by atoms with Crippen molar-refractivity contribution < 1.29 is 0 Å². The highest BCUT2D eigenvalue weighted by Gasteiger charge is 2.07. The summed E-state index contributed by atoms with van der Waals surface area (Å²) >= 11 is 0. The average Bonchev–Trinajstić information content (AvgIpc) is 2.34. The third-order valence-corrected chi connectivity index (χ3v) is 2.52. The molecule has 0 amide bonds. The second-order valence-electron chi connectivity index (χ2n) is 3.85. The van der Waals surface area contributed by atoms with Gasteiger partial charge >= 0.3 is 0 Å². The molecule has 0 fully saturated rings. The van der Waals surface area contributed by atoms with Gasteiger partial charge in [-0.1, -0.05) is 13.8 Å². The van der Waals surface area contributed by atoms with Crippen molar-refractivity contribution in [2.45, 2.75) is 33.1 Å². The minimum atomic E-state index is 0.728. The van der Waals surface area contributed by atoms with Crippen LogP contribution in [-0.4, -0.2) is 29.6 Å². The first-order valence-corrected chi connectivity index (χ1v) is 6.07. The number of nitrogens with two attached hydrogens (primary N) is 1. The summed E-state index contributed by atoms with van der Waals surface area (Å²) in [6.45, 7) is 7.02. The molecule has 0 aromatic carbocycles. The normalized spacial score (nSPS) is 10.4. The number of nitrogens with zero attached hydrogens (tertiary/aromatic N) is 3. The van der Waals surface area contributed by atoms with E-state index in [0.717, 1.165) is 50.4 Å². The van der Waals surface area contributed by atoms with E-state index in [4.69, 9.17) is 5.73 Å². The largest absolute Gasteiger partial charge is 0.356 e. The van der Waals surface area contributed by atoms with Gasteiger partial charge in [0, 0.05) is 24.8 Å². The Balaban J connectivity index is 2.73. The first kappa shape index (κ1) is 12.9. The van der Waals surface area contributed by atoms with Gasteiger partial charge in [-0.25, -0.2) is 9.97 Å². The summed E-state index contributed by atoms with van der Waals surface area (Å²) in [6, 6.07) is 2.08. The minimum absolute atomic E-state index is 0.728. The Bertz CT molecular complexity index is 301. The highest BCUT2D eigenvalue weighted by atomic mass is 15.2. The summed E-state index contributed by atoms with van der Waals surface area (Å²) in [5, 5.41) is 0. The van der Waals surface area contributed by atoms with E-state index in [2.05, 4.69) is 34.8 Å². The van der Waals surface area contributed by atoms with Crippen LogP contribution in [0.5, 0.6) is 0 Å². The lowest BCUT2D eigenvalue weighted by molar-refractivity contribution is 0.709. The Morgan fingerprint density at radius 2 is 2.06 bits per heavy atom. The molecule has 2 N–H and O–H groups in total. The van der Waals surface area contributed by atoms with Gasteiger partial charge in [0.15, 0.2) is 0 Å². The van der Waals surface area contributed by atoms with Gasteiger partial charge in [0.05, 0.1) is 0 Å². The van der Waals surface area contributed by atoms with Crippen LogP contribution < -0.4 is 10.6 Å². The number of anilines is 1. The molecule has 0 unspecified atom stereocenters. The molecular formula is C12H22N4. The first-order chi connectivity index (χ1) is 7.81. The van der Waals surface area contributed by atoms with Crippen LogP contribution in [0.4, 0.5) is 5.82 Å². The van der Waals surface area contributed by atoms with E-state index in [-0.39, 0.29) is 0 Å². The molecule has 0 radical (unpaired) electrons. The molecule has 0 aliphatic carbocycles. The van der Waals surface area contributed by atoms with Crippen LogP contribution in [0.2, 0.25) is 0 Å². The Labute approximate surface area is 97.9 Å². The lowest BCUT2D eigenvalue weighted by Gasteiger charge is -2.23. The van der Waals surface area contributed by atoms with Crippen molar-refractivity contribution >= 4 is 5.82 Å². The summed E-state index contributed by atoms with van der Waals surface area (Å²) < 4.78 is 0. The topological polar surface area (TPSA) is 55.0 Å². The van der Waals surface area contributed by atoms with Crippen molar-refractivity contribution in [3.63, 3.8) is 0 Å². The van der Waals surface area contributed by atoms with Gasteiger partial charge in [0.2, 0.25) is 0 Å². The predicted octanol–water partition coefficient (Wildman–Crippen LogP) is 1.60. The number of rotatable bonds is 7. The number of aryl methyl sites for hydroxylation is 1. The number of aromatic nitrogens is 2. The Morgan fingerprint density at radius 3 is 2.69 bits per heavy atom. The molecule has 4 nitrogen and oxygen atoms in total. The van der Waals surface area contributed by atoms with E-state index in [1.165, 1.54) is 0 Å². The zero-order chi connectivity index (χ0) is 11.8. The van der Waals surface area contributed by atoms with Crippen LogP contribution in [0.25, 0.3) is 0 Å². The Hall–Kier alpha value is -1.16. The van der Waals surface area contributed by atoms with Crippen molar-refractivity contribution in [1.82, 2.24) is 9.97 Å². The van der Waals surface area contributed by atoms with Gasteiger partial charge in [-0.05, 0) is 25.8 Å². The lowest BCUT2D eigenvalue weighted by atomic mass is 10.3. The van der Waals surface area contributed by atoms with E-state index >= 15 is 0 Å². The van der Waals surface area contributed by atoms with Gasteiger partial charge in [-0.15, -0.1) is 0 Å². The zero-order valence-corrected chi connectivity index (χ0v) is 10.3. The molecule has 0 aliphatic rings. The van der Waals surface area contributed by atoms with Crippen molar-refractivity contribution in [3.8, 4) is 0 Å². The van der Waals surface area contributed by atoms with Crippen LogP contribution >= 0.6 is 0 Å². The maximum Gasteiger partial charge on any atom is 0.132 e. The van der Waals surface area contributed by atoms with Gasteiger partial charge in [-0.2, -0.15) is 0 Å². The number of hydrogen-bond donors (Lipinski definition) is 1. The average molecular weight is 222 g/mol. The second kappa shape index (κ2) is 7.17. The maximum atomic E-state index is 5.55. The highest BCUT2D eigenvalue weighted by molar-refractivity contribution is 5.38. The minimum Gasteiger partial charge on any atom is -0.356 e. The van der Waals surface area contributed by atoms with Crippen molar-refractivity contribution in [2.24, 2.45) is 5.73 Å². The second-order valence-corrected chi connectivity index (χ2v) is 3.85. The third kappa shape index (κ3) is 3.77. The molecule has 1 rings (SSSR count). The van der Waals surface area contributed by atoms with E-state index < -0.39 is 0 Å². The predicted molar refractivity (Wildman–Crippen MR) is 67.6 cm³/mol. The highest BCUT2D eigenvalue weighted by Crippen LogP contribution is 2.12. The Morgan fingerprint density at radius 1 is 1.25 bits per heavy atom. The molecule has 1 aromatic rings. The molecule has 90 valence electrons. The van der Waals surface area contributed by atoms with Gasteiger partial charge in [-0.3, -0.25) is 0 Å². The van der Waals surface area contributed by atoms with E-state index in [9.17, 15) is 0 Å². The van der Waals surface area contributed by atoms with E-state index in [1.54, 1.807) is 6.33 Å². The quantitative estimate of drug-likeness (QED) is 0.761. The molecule has 1 aromatic heterocycles. The van der Waals surface area contributed by atoms with Crippen molar-refractivity contribution in [1.29, 1.82) is 0 Å². The summed E-state index contributed by atoms with van der Waals surface area (Å²) in [5.41, 5.74) is 6.64. The van der Waals surface area contributed by atoms with Crippen LogP contribution in [-0.2, 0) is 6.42 Å². The molecule has 0 spiro atoms. The fourth-order valence-electron chi connectivity index (χ4n) is 1.64. The third-order valence-electron chi connectivity index (χ3n) is 2.52. The molecule has 16 heavy (non-hydrogen) atoms. The zero-order valence-electron chi connectivity index (χ0n) is 10.3. The standard InChI is InChI=1S/C12H22N4/c1-3-7-16(8-5-6-13)12-9-11(4-2)14-10-15-12/h9-10H,3-8,13H2,1-2H3. The Kier molecular flexibility index (Phi) is 5.78. The van der Waals surface area contributed by atoms with Gasteiger partial charge in [0.25, 0.3) is 0 Å². The fraction of sp³-hybridized carbons (Fsp3) is 0.667. The molecule has 0 atom stereocenters. The molecular weight excluding hydrogens is 200 g/mol. The van der Waals surface area contributed by atoms with Crippen molar-refractivity contribution in [3.05, 3.63) is 18.1 Å². The molecule has 4 heteroatoms. The molecule has 0 aliphatic heterocycles. The molecule has 0 saturated heterocycles. The van der Waals surface area contributed by atoms with Crippen molar-refractivity contribution in [2.75, 3.05) is 24.5 Å². The lowest BCUT2D eigenvalue weighted by Crippen LogP contribution is -2.27. The SMILES string of the molecule is CCCN(CCCN)c1cc(CC)ncn1. The van der Waals surface area contributed by atoms with Crippen LogP contribution in [0.3, 0.4) is 0 Å². The monoisotopic (exact) mass is 222 g/mol. The van der Waals surface area contributed by atoms with Gasteiger partial charge < -0.3 is 10.6 Å². The summed E-state index contributed by atoms with van der Waals surface area (Å²) in [4.78, 5) is 10.8.